The zero-order valence-corrected chi connectivity index (χ0v) is 9.05. The van der Waals surface area contributed by atoms with Crippen molar-refractivity contribution in [2.75, 3.05) is 19.8 Å². The summed E-state index contributed by atoms with van der Waals surface area (Å²) in [6.45, 7) is 1.59. The Balaban J connectivity index is 2.05. The van der Waals surface area contributed by atoms with Crippen LogP contribution in [-0.4, -0.2) is 38.8 Å². The molecule has 1 heterocycles. The predicted octanol–water partition coefficient (Wildman–Crippen LogP) is 0.290. The molecule has 2 fully saturated rings. The summed E-state index contributed by atoms with van der Waals surface area (Å²) in [5, 5.41) is 2.44. The van der Waals surface area contributed by atoms with Gasteiger partial charge in [0.1, 0.15) is 5.37 Å². The van der Waals surface area contributed by atoms with Gasteiger partial charge in [-0.05, 0) is 12.8 Å². The SMILES string of the molecule is O=S(=O)(C1CCCC1)C1COCCN1. The summed E-state index contributed by atoms with van der Waals surface area (Å²) in [5.74, 6) is 0. The molecule has 0 aromatic heterocycles. The monoisotopic (exact) mass is 219 g/mol. The van der Waals surface area contributed by atoms with E-state index in [1.165, 1.54) is 0 Å². The maximum Gasteiger partial charge on any atom is 0.171 e. The van der Waals surface area contributed by atoms with Crippen molar-refractivity contribution in [3.63, 3.8) is 0 Å². The fourth-order valence-corrected chi connectivity index (χ4v) is 4.29. The van der Waals surface area contributed by atoms with Crippen LogP contribution < -0.4 is 5.32 Å². The molecule has 5 heteroatoms. The highest BCUT2D eigenvalue weighted by molar-refractivity contribution is 7.92. The van der Waals surface area contributed by atoms with Crippen LogP contribution in [0.5, 0.6) is 0 Å². The summed E-state index contributed by atoms with van der Waals surface area (Å²) < 4.78 is 29.3. The number of hydrogen-bond donors (Lipinski definition) is 1. The minimum absolute atomic E-state index is 0.123. The van der Waals surface area contributed by atoms with Gasteiger partial charge in [0.05, 0.1) is 18.5 Å². The Kier molecular flexibility index (Phi) is 3.09. The second kappa shape index (κ2) is 4.16. The third-order valence-electron chi connectivity index (χ3n) is 3.05. The second-order valence-corrected chi connectivity index (χ2v) is 6.43. The van der Waals surface area contributed by atoms with Crippen molar-refractivity contribution in [2.45, 2.75) is 36.3 Å². The van der Waals surface area contributed by atoms with E-state index in [-0.39, 0.29) is 5.25 Å². The van der Waals surface area contributed by atoms with Crippen molar-refractivity contribution in [1.82, 2.24) is 5.32 Å². The smallest absolute Gasteiger partial charge is 0.171 e. The van der Waals surface area contributed by atoms with E-state index < -0.39 is 15.2 Å². The van der Waals surface area contributed by atoms with Crippen LogP contribution in [0.15, 0.2) is 0 Å². The molecular formula is C9H17NO3S. The van der Waals surface area contributed by atoms with E-state index in [4.69, 9.17) is 4.74 Å². The summed E-state index contributed by atoms with van der Waals surface area (Å²) in [6.07, 6.45) is 3.77. The molecule has 0 aromatic carbocycles. The van der Waals surface area contributed by atoms with Gasteiger partial charge < -0.3 is 4.74 Å². The zero-order valence-electron chi connectivity index (χ0n) is 8.24. The largest absolute Gasteiger partial charge is 0.377 e. The third kappa shape index (κ3) is 1.94. The maximum absolute atomic E-state index is 12.0. The van der Waals surface area contributed by atoms with Gasteiger partial charge in [0.2, 0.25) is 0 Å². The summed E-state index contributed by atoms with van der Waals surface area (Å²) in [7, 11) is -3.00. The summed E-state index contributed by atoms with van der Waals surface area (Å²) in [4.78, 5) is 0. The maximum atomic E-state index is 12.0. The van der Waals surface area contributed by atoms with Gasteiger partial charge in [-0.25, -0.2) is 8.42 Å². The van der Waals surface area contributed by atoms with E-state index in [1.807, 2.05) is 0 Å². The topological polar surface area (TPSA) is 55.4 Å². The lowest BCUT2D eigenvalue weighted by molar-refractivity contribution is 0.0975. The molecule has 0 spiro atoms. The van der Waals surface area contributed by atoms with Crippen LogP contribution in [0, 0.1) is 0 Å². The fourth-order valence-electron chi connectivity index (χ4n) is 2.20. The lowest BCUT2D eigenvalue weighted by atomic mass is 10.4. The molecule has 14 heavy (non-hydrogen) atoms. The molecule has 2 aliphatic rings. The summed E-state index contributed by atoms with van der Waals surface area (Å²) in [5.41, 5.74) is 0. The van der Waals surface area contributed by atoms with Crippen LogP contribution in [0.4, 0.5) is 0 Å². The van der Waals surface area contributed by atoms with Crippen molar-refractivity contribution in [2.24, 2.45) is 0 Å². The number of hydrogen-bond acceptors (Lipinski definition) is 4. The molecule has 82 valence electrons. The highest BCUT2D eigenvalue weighted by Gasteiger charge is 2.36. The van der Waals surface area contributed by atoms with E-state index >= 15 is 0 Å². The Morgan fingerprint density at radius 2 is 1.93 bits per heavy atom. The van der Waals surface area contributed by atoms with Gasteiger partial charge in [-0.1, -0.05) is 12.8 Å². The number of ether oxygens (including phenoxy) is 1. The number of rotatable bonds is 2. The molecule has 1 aliphatic carbocycles. The molecule has 0 bridgehead atoms. The van der Waals surface area contributed by atoms with E-state index in [9.17, 15) is 8.42 Å². The van der Waals surface area contributed by atoms with Crippen LogP contribution in [0.1, 0.15) is 25.7 Å². The number of sulfone groups is 1. The van der Waals surface area contributed by atoms with Crippen molar-refractivity contribution in [1.29, 1.82) is 0 Å². The first kappa shape index (κ1) is 10.4. The van der Waals surface area contributed by atoms with E-state index in [0.717, 1.165) is 25.7 Å². The molecule has 1 unspecified atom stereocenters. The standard InChI is InChI=1S/C9H17NO3S/c11-14(12,8-3-1-2-4-8)9-7-13-6-5-10-9/h8-10H,1-7H2. The van der Waals surface area contributed by atoms with Crippen LogP contribution in [-0.2, 0) is 14.6 Å². The van der Waals surface area contributed by atoms with Crippen molar-refractivity contribution in [3.8, 4) is 0 Å². The van der Waals surface area contributed by atoms with Gasteiger partial charge in [-0.15, -0.1) is 0 Å². The highest BCUT2D eigenvalue weighted by atomic mass is 32.2. The van der Waals surface area contributed by atoms with Crippen molar-refractivity contribution < 1.29 is 13.2 Å². The van der Waals surface area contributed by atoms with Crippen LogP contribution in [0.25, 0.3) is 0 Å². The Morgan fingerprint density at radius 3 is 2.50 bits per heavy atom. The number of morpholine rings is 1. The van der Waals surface area contributed by atoms with Gasteiger partial charge in [0, 0.05) is 6.54 Å². The molecule has 1 atom stereocenters. The van der Waals surface area contributed by atoms with Gasteiger partial charge >= 0.3 is 0 Å². The Bertz CT molecular complexity index is 276. The average Bonchev–Trinajstić information content (AvgIpc) is 2.72. The molecular weight excluding hydrogens is 202 g/mol. The summed E-state index contributed by atoms with van der Waals surface area (Å²) in [6, 6.07) is 0. The van der Waals surface area contributed by atoms with Gasteiger partial charge in [-0.3, -0.25) is 5.32 Å². The lowest BCUT2D eigenvalue weighted by Gasteiger charge is -2.26. The molecule has 1 saturated heterocycles. The van der Waals surface area contributed by atoms with Gasteiger partial charge in [0.25, 0.3) is 0 Å². The van der Waals surface area contributed by atoms with Crippen molar-refractivity contribution in [3.05, 3.63) is 0 Å². The zero-order chi connectivity index (χ0) is 10.0. The van der Waals surface area contributed by atoms with Crippen LogP contribution in [0.3, 0.4) is 0 Å². The Labute approximate surface area is 84.9 Å². The number of nitrogens with one attached hydrogen (secondary N) is 1. The fraction of sp³-hybridized carbons (Fsp3) is 1.00. The Morgan fingerprint density at radius 1 is 1.21 bits per heavy atom. The van der Waals surface area contributed by atoms with Gasteiger partial charge in [0.15, 0.2) is 9.84 Å². The molecule has 4 nitrogen and oxygen atoms in total. The van der Waals surface area contributed by atoms with E-state index in [0.29, 0.717) is 19.8 Å². The predicted molar refractivity (Wildman–Crippen MR) is 53.8 cm³/mol. The van der Waals surface area contributed by atoms with Crippen LogP contribution >= 0.6 is 0 Å². The average molecular weight is 219 g/mol. The molecule has 1 saturated carbocycles. The van der Waals surface area contributed by atoms with Gasteiger partial charge in [-0.2, -0.15) is 0 Å². The second-order valence-electron chi connectivity index (χ2n) is 4.01. The third-order valence-corrected chi connectivity index (χ3v) is 5.55. The van der Waals surface area contributed by atoms with E-state index in [2.05, 4.69) is 5.32 Å². The van der Waals surface area contributed by atoms with E-state index in [1.54, 1.807) is 0 Å². The highest BCUT2D eigenvalue weighted by Crippen LogP contribution is 2.27. The van der Waals surface area contributed by atoms with Crippen LogP contribution in [0.2, 0.25) is 0 Å². The quantitative estimate of drug-likeness (QED) is 0.725. The first-order chi connectivity index (χ1) is 6.71. The first-order valence-electron chi connectivity index (χ1n) is 5.25. The molecule has 1 aliphatic heterocycles. The van der Waals surface area contributed by atoms with Crippen molar-refractivity contribution >= 4 is 9.84 Å². The molecule has 0 aromatic rings. The minimum atomic E-state index is -3.00. The minimum Gasteiger partial charge on any atom is -0.377 e. The molecule has 2 rings (SSSR count). The Hall–Kier alpha value is -0.130. The molecule has 0 amide bonds. The molecule has 1 N–H and O–H groups in total. The normalized spacial score (nSPS) is 30.7. The summed E-state index contributed by atoms with van der Waals surface area (Å²) >= 11 is 0. The first-order valence-corrected chi connectivity index (χ1v) is 6.86. The molecule has 0 radical (unpaired) electrons. The lowest BCUT2D eigenvalue weighted by Crippen LogP contribution is -2.49.